The number of para-hydroxylation sites is 1. The van der Waals surface area contributed by atoms with Crippen molar-refractivity contribution in [3.05, 3.63) is 29.8 Å². The van der Waals surface area contributed by atoms with Crippen LogP contribution in [0.1, 0.15) is 70.8 Å². The molecule has 0 fully saturated rings. The van der Waals surface area contributed by atoms with E-state index < -0.39 is 0 Å². The van der Waals surface area contributed by atoms with Crippen LogP contribution >= 0.6 is 0 Å². The maximum atomic E-state index is 6.04. The zero-order chi connectivity index (χ0) is 16.9. The summed E-state index contributed by atoms with van der Waals surface area (Å²) >= 11 is 0. The van der Waals surface area contributed by atoms with Crippen LogP contribution < -0.4 is 4.74 Å². The van der Waals surface area contributed by atoms with E-state index >= 15 is 0 Å². The lowest BCUT2D eigenvalue weighted by atomic mass is 10.1. The Bertz CT molecular complexity index is 403. The van der Waals surface area contributed by atoms with Gasteiger partial charge in [0.2, 0.25) is 0 Å². The molecule has 2 heteroatoms. The Hall–Kier alpha value is -1.02. The number of hydrogen-bond donors (Lipinski definition) is 0. The number of likely N-dealkylation sites (N-methyl/N-ethyl adjacent to an activating group) is 1. The fraction of sp³-hybridized carbons (Fsp3) is 0.714. The molecule has 132 valence electrons. The summed E-state index contributed by atoms with van der Waals surface area (Å²) in [5, 5.41) is 0. The van der Waals surface area contributed by atoms with Crippen LogP contribution in [0.5, 0.6) is 5.75 Å². The highest BCUT2D eigenvalue weighted by atomic mass is 16.5. The molecule has 0 aliphatic heterocycles. The van der Waals surface area contributed by atoms with E-state index in [1.807, 2.05) is 0 Å². The third kappa shape index (κ3) is 9.00. The number of ether oxygens (including phenoxy) is 1. The first kappa shape index (κ1) is 20.0. The first-order chi connectivity index (χ1) is 11.1. The van der Waals surface area contributed by atoms with Gasteiger partial charge in [0.1, 0.15) is 5.75 Å². The second kappa shape index (κ2) is 12.4. The number of benzene rings is 1. The minimum Gasteiger partial charge on any atom is -0.493 e. The lowest BCUT2D eigenvalue weighted by Gasteiger charge is -2.21. The van der Waals surface area contributed by atoms with Gasteiger partial charge >= 0.3 is 0 Å². The van der Waals surface area contributed by atoms with Gasteiger partial charge in [0.15, 0.2) is 0 Å². The fourth-order valence-corrected chi connectivity index (χ4v) is 2.73. The number of nitrogens with zero attached hydrogens (tertiary/aromatic N) is 1. The molecule has 0 saturated carbocycles. The number of hydrogen-bond acceptors (Lipinski definition) is 2. The topological polar surface area (TPSA) is 12.5 Å². The molecule has 0 amide bonds. The molecule has 0 bridgehead atoms. The molecule has 1 atom stereocenters. The summed E-state index contributed by atoms with van der Waals surface area (Å²) in [4.78, 5) is 2.26. The zero-order valence-electron chi connectivity index (χ0n) is 15.8. The van der Waals surface area contributed by atoms with Crippen molar-refractivity contribution >= 4 is 0 Å². The van der Waals surface area contributed by atoms with E-state index in [-0.39, 0.29) is 0 Å². The number of unbranched alkanes of at least 4 members (excludes halogenated alkanes) is 7. The van der Waals surface area contributed by atoms with Gasteiger partial charge in [-0.2, -0.15) is 0 Å². The smallest absolute Gasteiger partial charge is 0.122 e. The summed E-state index contributed by atoms with van der Waals surface area (Å²) in [6.07, 6.45) is 11.8. The van der Waals surface area contributed by atoms with Crippen LogP contribution in [-0.4, -0.2) is 31.6 Å². The second-order valence-electron chi connectivity index (χ2n) is 6.95. The molecule has 1 aromatic carbocycles. The van der Waals surface area contributed by atoms with Crippen molar-refractivity contribution in [2.75, 3.05) is 20.7 Å². The normalized spacial score (nSPS) is 12.6. The van der Waals surface area contributed by atoms with Crippen LogP contribution in [0.25, 0.3) is 0 Å². The molecule has 0 spiro atoms. The quantitative estimate of drug-likeness (QED) is 0.432. The van der Waals surface area contributed by atoms with Gasteiger partial charge in [0, 0.05) is 6.04 Å². The average Bonchev–Trinajstić information content (AvgIpc) is 2.54. The van der Waals surface area contributed by atoms with E-state index in [2.05, 4.69) is 57.1 Å². The van der Waals surface area contributed by atoms with Crippen LogP contribution in [0.4, 0.5) is 0 Å². The molecule has 1 unspecified atom stereocenters. The highest BCUT2D eigenvalue weighted by Gasteiger charge is 2.09. The Morgan fingerprint density at radius 2 is 1.52 bits per heavy atom. The molecule has 1 rings (SSSR count). The molecule has 0 N–H and O–H groups in total. The van der Waals surface area contributed by atoms with Crippen molar-refractivity contribution in [3.63, 3.8) is 0 Å². The van der Waals surface area contributed by atoms with E-state index in [1.165, 1.54) is 56.9 Å². The fourth-order valence-electron chi connectivity index (χ4n) is 2.73. The first-order valence-electron chi connectivity index (χ1n) is 9.52. The van der Waals surface area contributed by atoms with Gasteiger partial charge in [0.25, 0.3) is 0 Å². The Morgan fingerprint density at radius 1 is 0.913 bits per heavy atom. The highest BCUT2D eigenvalue weighted by molar-refractivity contribution is 5.33. The average molecular weight is 320 g/mol. The van der Waals surface area contributed by atoms with Crippen LogP contribution in [0.3, 0.4) is 0 Å². The molecule has 0 radical (unpaired) electrons. The molecular weight excluding hydrogens is 282 g/mol. The molecule has 23 heavy (non-hydrogen) atoms. The van der Waals surface area contributed by atoms with Gasteiger partial charge in [-0.05, 0) is 45.5 Å². The summed E-state index contributed by atoms with van der Waals surface area (Å²) < 4.78 is 6.04. The van der Waals surface area contributed by atoms with Gasteiger partial charge in [-0.3, -0.25) is 0 Å². The third-order valence-corrected chi connectivity index (χ3v) is 4.62. The summed E-state index contributed by atoms with van der Waals surface area (Å²) in [7, 11) is 4.27. The van der Waals surface area contributed by atoms with Crippen molar-refractivity contribution in [2.24, 2.45) is 0 Å². The van der Waals surface area contributed by atoms with Crippen LogP contribution in [0.15, 0.2) is 24.3 Å². The lowest BCUT2D eigenvalue weighted by Crippen LogP contribution is -2.26. The van der Waals surface area contributed by atoms with E-state index in [0.717, 1.165) is 18.8 Å². The largest absolute Gasteiger partial charge is 0.493 e. The van der Waals surface area contributed by atoms with Crippen molar-refractivity contribution in [3.8, 4) is 5.75 Å². The van der Waals surface area contributed by atoms with E-state index in [4.69, 9.17) is 4.74 Å². The molecule has 0 aliphatic carbocycles. The Labute approximate surface area is 144 Å². The highest BCUT2D eigenvalue weighted by Crippen LogP contribution is 2.21. The maximum Gasteiger partial charge on any atom is 0.122 e. The predicted octanol–water partition coefficient (Wildman–Crippen LogP) is 5.70. The van der Waals surface area contributed by atoms with Gasteiger partial charge in [0.05, 0.1) is 6.61 Å². The maximum absolute atomic E-state index is 6.04. The molecule has 0 heterocycles. The van der Waals surface area contributed by atoms with Crippen molar-refractivity contribution < 1.29 is 4.74 Å². The van der Waals surface area contributed by atoms with Crippen molar-refractivity contribution in [1.82, 2.24) is 4.90 Å². The van der Waals surface area contributed by atoms with Gasteiger partial charge < -0.3 is 9.64 Å². The van der Waals surface area contributed by atoms with E-state index in [0.29, 0.717) is 6.04 Å². The summed E-state index contributed by atoms with van der Waals surface area (Å²) in [5.74, 6) is 1.07. The summed E-state index contributed by atoms with van der Waals surface area (Å²) in [6.45, 7) is 5.38. The van der Waals surface area contributed by atoms with Crippen LogP contribution in [0.2, 0.25) is 0 Å². The Kier molecular flexibility index (Phi) is 10.8. The molecule has 2 nitrogen and oxygen atoms in total. The van der Waals surface area contributed by atoms with E-state index in [1.54, 1.807) is 0 Å². The summed E-state index contributed by atoms with van der Waals surface area (Å²) in [5.41, 5.74) is 1.33. The lowest BCUT2D eigenvalue weighted by molar-refractivity contribution is 0.288. The Morgan fingerprint density at radius 3 is 2.17 bits per heavy atom. The first-order valence-corrected chi connectivity index (χ1v) is 9.52. The molecule has 0 aliphatic rings. The Balaban J connectivity index is 2.22. The van der Waals surface area contributed by atoms with Crippen molar-refractivity contribution in [2.45, 2.75) is 77.7 Å². The second-order valence-corrected chi connectivity index (χ2v) is 6.95. The molecule has 1 aromatic rings. The molecular formula is C21H37NO. The third-order valence-electron chi connectivity index (χ3n) is 4.62. The van der Waals surface area contributed by atoms with E-state index in [9.17, 15) is 0 Å². The minimum absolute atomic E-state index is 0.530. The van der Waals surface area contributed by atoms with Crippen LogP contribution in [-0.2, 0) is 6.42 Å². The SMILES string of the molecule is CCCCCCCCCCOc1ccccc1CC(C)N(C)C. The standard InChI is InChI=1S/C21H37NO/c1-5-6-7-8-9-10-11-14-17-23-21-16-13-12-15-20(21)18-19(2)22(3)4/h12-13,15-16,19H,5-11,14,17-18H2,1-4H3. The monoisotopic (exact) mass is 319 g/mol. The molecule has 0 saturated heterocycles. The zero-order valence-corrected chi connectivity index (χ0v) is 15.8. The van der Waals surface area contributed by atoms with Gasteiger partial charge in [-0.15, -0.1) is 0 Å². The van der Waals surface area contributed by atoms with Gasteiger partial charge in [-0.25, -0.2) is 0 Å². The number of rotatable bonds is 13. The van der Waals surface area contributed by atoms with Gasteiger partial charge in [-0.1, -0.05) is 70.1 Å². The van der Waals surface area contributed by atoms with Crippen molar-refractivity contribution in [1.29, 1.82) is 0 Å². The molecule has 0 aromatic heterocycles. The minimum atomic E-state index is 0.530. The van der Waals surface area contributed by atoms with Crippen LogP contribution in [0, 0.1) is 0 Å². The predicted molar refractivity (Wildman–Crippen MR) is 101 cm³/mol. The summed E-state index contributed by atoms with van der Waals surface area (Å²) in [6, 6.07) is 9.03.